The molecule has 1 aliphatic rings. The zero-order valence-electron chi connectivity index (χ0n) is 16.0. The molecule has 0 unspecified atom stereocenters. The first kappa shape index (κ1) is 20.9. The fourth-order valence-electron chi connectivity index (χ4n) is 3.46. The number of nitrogens with zero attached hydrogens (tertiary/aromatic N) is 3. The normalized spacial score (nSPS) is 14.6. The number of rotatable bonds is 4. The number of hydrogen-bond acceptors (Lipinski definition) is 4. The van der Waals surface area contributed by atoms with Gasteiger partial charge >= 0.3 is 0 Å². The molecule has 4 rings (SSSR count). The molecule has 1 amide bonds. The average molecular weight is 462 g/mol. The number of anilines is 2. The molecule has 1 aliphatic heterocycles. The predicted molar refractivity (Wildman–Crippen MR) is 123 cm³/mol. The SMILES string of the molecule is O=C(Nc1ccc(Cl)c(Cl)c1)C1CCN(c2ccc(-c3ccc(Cl)cc3)nn2)CC1. The second-order valence-corrected chi connectivity index (χ2v) is 8.41. The summed E-state index contributed by atoms with van der Waals surface area (Å²) in [6.07, 6.45) is 1.49. The van der Waals surface area contributed by atoms with Crippen LogP contribution >= 0.6 is 34.8 Å². The van der Waals surface area contributed by atoms with E-state index < -0.39 is 0 Å². The first-order valence-corrected chi connectivity index (χ1v) is 10.7. The Bertz CT molecular complexity index is 1030. The molecule has 2 aromatic carbocycles. The number of carbonyl (C=O) groups excluding carboxylic acids is 1. The van der Waals surface area contributed by atoms with Gasteiger partial charge in [-0.1, -0.05) is 46.9 Å². The lowest BCUT2D eigenvalue weighted by Crippen LogP contribution is -2.38. The Kier molecular flexibility index (Phi) is 6.42. The van der Waals surface area contributed by atoms with E-state index in [-0.39, 0.29) is 11.8 Å². The Balaban J connectivity index is 1.34. The van der Waals surface area contributed by atoms with Crippen molar-refractivity contribution < 1.29 is 4.79 Å². The molecule has 2 heterocycles. The van der Waals surface area contributed by atoms with E-state index in [9.17, 15) is 4.79 Å². The van der Waals surface area contributed by atoms with Crippen molar-refractivity contribution in [3.63, 3.8) is 0 Å². The van der Waals surface area contributed by atoms with Crippen molar-refractivity contribution in [2.24, 2.45) is 5.92 Å². The van der Waals surface area contributed by atoms with Crippen molar-refractivity contribution in [1.82, 2.24) is 10.2 Å². The van der Waals surface area contributed by atoms with Crippen molar-refractivity contribution in [3.8, 4) is 11.3 Å². The van der Waals surface area contributed by atoms with Crippen LogP contribution in [-0.2, 0) is 4.79 Å². The van der Waals surface area contributed by atoms with Gasteiger partial charge in [0.1, 0.15) is 0 Å². The summed E-state index contributed by atoms with van der Waals surface area (Å²) in [4.78, 5) is 14.7. The van der Waals surface area contributed by atoms with Gasteiger partial charge in [-0.3, -0.25) is 4.79 Å². The molecular weight excluding hydrogens is 443 g/mol. The Morgan fingerprint density at radius 1 is 0.900 bits per heavy atom. The van der Waals surface area contributed by atoms with Crippen LogP contribution in [0.5, 0.6) is 0 Å². The largest absolute Gasteiger partial charge is 0.355 e. The lowest BCUT2D eigenvalue weighted by atomic mass is 9.96. The van der Waals surface area contributed by atoms with Crippen LogP contribution in [0.2, 0.25) is 15.1 Å². The first-order chi connectivity index (χ1) is 14.5. The second-order valence-electron chi connectivity index (χ2n) is 7.16. The molecule has 1 N–H and O–H groups in total. The maximum Gasteiger partial charge on any atom is 0.227 e. The number of nitrogens with one attached hydrogen (secondary N) is 1. The molecule has 3 aromatic rings. The summed E-state index contributed by atoms with van der Waals surface area (Å²) >= 11 is 17.9. The molecule has 1 saturated heterocycles. The number of amides is 1. The van der Waals surface area contributed by atoms with Crippen molar-refractivity contribution in [2.45, 2.75) is 12.8 Å². The molecule has 1 fully saturated rings. The van der Waals surface area contributed by atoms with Gasteiger partial charge in [-0.05, 0) is 55.3 Å². The van der Waals surface area contributed by atoms with Gasteiger partial charge in [-0.15, -0.1) is 10.2 Å². The van der Waals surface area contributed by atoms with E-state index >= 15 is 0 Å². The van der Waals surface area contributed by atoms with Gasteiger partial charge in [0.05, 0.1) is 15.7 Å². The summed E-state index contributed by atoms with van der Waals surface area (Å²) in [5.41, 5.74) is 2.42. The van der Waals surface area contributed by atoms with Gasteiger partial charge in [-0.25, -0.2) is 0 Å². The lowest BCUT2D eigenvalue weighted by molar-refractivity contribution is -0.120. The van der Waals surface area contributed by atoms with Gasteiger partial charge in [0, 0.05) is 35.3 Å². The molecule has 0 bridgehead atoms. The molecule has 0 radical (unpaired) electrons. The van der Waals surface area contributed by atoms with Crippen LogP contribution in [0.1, 0.15) is 12.8 Å². The fraction of sp³-hybridized carbons (Fsp3) is 0.227. The summed E-state index contributed by atoms with van der Waals surface area (Å²) in [6.45, 7) is 1.49. The van der Waals surface area contributed by atoms with Crippen LogP contribution in [0.25, 0.3) is 11.3 Å². The van der Waals surface area contributed by atoms with E-state index in [2.05, 4.69) is 20.4 Å². The molecule has 30 heavy (non-hydrogen) atoms. The van der Waals surface area contributed by atoms with Crippen LogP contribution in [0.15, 0.2) is 54.6 Å². The lowest BCUT2D eigenvalue weighted by Gasteiger charge is -2.31. The van der Waals surface area contributed by atoms with Gasteiger partial charge < -0.3 is 10.2 Å². The highest BCUT2D eigenvalue weighted by molar-refractivity contribution is 6.42. The quantitative estimate of drug-likeness (QED) is 0.521. The van der Waals surface area contributed by atoms with E-state index in [1.165, 1.54) is 0 Å². The maximum absolute atomic E-state index is 12.6. The summed E-state index contributed by atoms with van der Waals surface area (Å²) in [7, 11) is 0. The van der Waals surface area contributed by atoms with Gasteiger partial charge in [0.15, 0.2) is 5.82 Å². The van der Waals surface area contributed by atoms with E-state index in [0.29, 0.717) is 20.8 Å². The molecule has 0 aliphatic carbocycles. The van der Waals surface area contributed by atoms with Crippen LogP contribution in [0.3, 0.4) is 0 Å². The van der Waals surface area contributed by atoms with Gasteiger partial charge in [0.25, 0.3) is 0 Å². The number of hydrogen-bond donors (Lipinski definition) is 1. The number of benzene rings is 2. The molecule has 0 atom stereocenters. The Labute approximate surface area is 190 Å². The van der Waals surface area contributed by atoms with Crippen LogP contribution in [-0.4, -0.2) is 29.2 Å². The Morgan fingerprint density at radius 2 is 1.63 bits per heavy atom. The van der Waals surface area contributed by atoms with E-state index in [0.717, 1.165) is 43.0 Å². The van der Waals surface area contributed by atoms with Crippen molar-refractivity contribution in [3.05, 3.63) is 69.7 Å². The molecule has 1 aromatic heterocycles. The third-order valence-corrected chi connectivity index (χ3v) is 6.16. The average Bonchev–Trinajstić information content (AvgIpc) is 2.77. The van der Waals surface area contributed by atoms with Crippen molar-refractivity contribution in [2.75, 3.05) is 23.3 Å². The minimum atomic E-state index is -0.0583. The fourth-order valence-corrected chi connectivity index (χ4v) is 3.88. The highest BCUT2D eigenvalue weighted by Gasteiger charge is 2.26. The van der Waals surface area contributed by atoms with E-state index in [1.807, 2.05) is 36.4 Å². The molecule has 154 valence electrons. The summed E-state index contributed by atoms with van der Waals surface area (Å²) in [5.74, 6) is 0.755. The number of piperidine rings is 1. The minimum Gasteiger partial charge on any atom is -0.355 e. The number of halogens is 3. The zero-order chi connectivity index (χ0) is 21.1. The molecule has 0 saturated carbocycles. The number of carbonyl (C=O) groups is 1. The second kappa shape index (κ2) is 9.21. The molecular formula is C22H19Cl3N4O. The van der Waals surface area contributed by atoms with Crippen LogP contribution in [0, 0.1) is 5.92 Å². The third kappa shape index (κ3) is 4.86. The van der Waals surface area contributed by atoms with E-state index in [1.54, 1.807) is 18.2 Å². The molecule has 0 spiro atoms. The van der Waals surface area contributed by atoms with Crippen LogP contribution < -0.4 is 10.2 Å². The molecule has 5 nitrogen and oxygen atoms in total. The number of aromatic nitrogens is 2. The topological polar surface area (TPSA) is 58.1 Å². The molecule has 8 heteroatoms. The monoisotopic (exact) mass is 460 g/mol. The van der Waals surface area contributed by atoms with Crippen molar-refractivity contribution in [1.29, 1.82) is 0 Å². The first-order valence-electron chi connectivity index (χ1n) is 9.60. The van der Waals surface area contributed by atoms with Gasteiger partial charge in [-0.2, -0.15) is 0 Å². The smallest absolute Gasteiger partial charge is 0.227 e. The zero-order valence-corrected chi connectivity index (χ0v) is 18.3. The van der Waals surface area contributed by atoms with Gasteiger partial charge in [0.2, 0.25) is 5.91 Å². The summed E-state index contributed by atoms with van der Waals surface area (Å²) in [6, 6.07) is 16.5. The van der Waals surface area contributed by atoms with E-state index in [4.69, 9.17) is 34.8 Å². The summed E-state index contributed by atoms with van der Waals surface area (Å²) < 4.78 is 0. The van der Waals surface area contributed by atoms with Crippen molar-refractivity contribution >= 4 is 52.2 Å². The minimum absolute atomic E-state index is 0.00258. The Morgan fingerprint density at radius 3 is 2.27 bits per heavy atom. The Hall–Kier alpha value is -2.34. The standard InChI is InChI=1S/C22H19Cl3N4O/c23-16-3-1-14(2-4-16)20-7-8-21(28-27-20)29-11-9-15(10-12-29)22(30)26-17-5-6-18(24)19(25)13-17/h1-8,13,15H,9-12H2,(H,26,30). The third-order valence-electron chi connectivity index (χ3n) is 5.17. The highest BCUT2D eigenvalue weighted by Crippen LogP contribution is 2.27. The predicted octanol–water partition coefficient (Wildman–Crippen LogP) is 5.96. The van der Waals surface area contributed by atoms with Crippen LogP contribution in [0.4, 0.5) is 11.5 Å². The highest BCUT2D eigenvalue weighted by atomic mass is 35.5. The maximum atomic E-state index is 12.6. The summed E-state index contributed by atoms with van der Waals surface area (Å²) in [5, 5.41) is 13.2.